The van der Waals surface area contributed by atoms with Gasteiger partial charge in [0.2, 0.25) is 5.91 Å². The molecule has 0 spiro atoms. The van der Waals surface area contributed by atoms with Crippen LogP contribution in [0.2, 0.25) is 0 Å². The third-order valence-corrected chi connectivity index (χ3v) is 9.23. The van der Waals surface area contributed by atoms with Crippen molar-refractivity contribution in [3.63, 3.8) is 0 Å². The fraction of sp³-hybridized carbons (Fsp3) is 0.471. The molecule has 0 atom stereocenters. The molecule has 1 aromatic heterocycles. The fourth-order valence-electron chi connectivity index (χ4n) is 7.20. The summed E-state index contributed by atoms with van der Waals surface area (Å²) in [6.07, 6.45) is 7.93. The summed E-state index contributed by atoms with van der Waals surface area (Å²) in [4.78, 5) is 20.5. The number of nitrogens with zero attached hydrogens (tertiary/aromatic N) is 2. The standard InChI is InChI=1S/C34H42N4O3/c1-33(40)22-34(35,23-33)27-11-9-26(10-12-27)32-30(25-5-3-2-4-6-25)20-28(21-36-32)37-31(39)19-24-7-13-29(14-8-24)38-15-17-41-18-16-38/h2-6,9-12,20-21,24,29,40H,7-8,13-19,22-23,35H2,1H3,(H,37,39). The first-order chi connectivity index (χ1) is 19.8. The molecule has 6 rings (SSSR count). The van der Waals surface area contributed by atoms with Crippen LogP contribution in [0.15, 0.2) is 66.9 Å². The van der Waals surface area contributed by atoms with Gasteiger partial charge in [0.05, 0.1) is 36.4 Å². The topological polar surface area (TPSA) is 101 Å². The van der Waals surface area contributed by atoms with Crippen LogP contribution in [0, 0.1) is 5.92 Å². The quantitative estimate of drug-likeness (QED) is 0.365. The number of rotatable bonds is 7. The van der Waals surface area contributed by atoms with Crippen molar-refractivity contribution in [2.24, 2.45) is 11.7 Å². The van der Waals surface area contributed by atoms with Crippen LogP contribution >= 0.6 is 0 Å². The van der Waals surface area contributed by atoms with Gasteiger partial charge in [0, 0.05) is 42.2 Å². The summed E-state index contributed by atoms with van der Waals surface area (Å²) in [7, 11) is 0. The van der Waals surface area contributed by atoms with E-state index in [1.165, 1.54) is 0 Å². The first kappa shape index (κ1) is 28.0. The number of nitrogens with two attached hydrogens (primary N) is 1. The maximum Gasteiger partial charge on any atom is 0.224 e. The first-order valence-corrected chi connectivity index (χ1v) is 15.1. The highest BCUT2D eigenvalue weighted by molar-refractivity contribution is 5.93. The van der Waals surface area contributed by atoms with E-state index < -0.39 is 11.1 Å². The van der Waals surface area contributed by atoms with Crippen molar-refractivity contribution < 1.29 is 14.6 Å². The second-order valence-corrected chi connectivity index (χ2v) is 12.6. The lowest BCUT2D eigenvalue weighted by Crippen LogP contribution is -2.58. The number of amides is 1. The summed E-state index contributed by atoms with van der Waals surface area (Å²) in [6, 6.07) is 21.0. The summed E-state index contributed by atoms with van der Waals surface area (Å²) in [6.45, 7) is 5.57. The van der Waals surface area contributed by atoms with Gasteiger partial charge < -0.3 is 20.9 Å². The number of aromatic nitrogens is 1. The number of aliphatic hydroxyl groups is 1. The number of hydrogen-bond acceptors (Lipinski definition) is 6. The van der Waals surface area contributed by atoms with Crippen molar-refractivity contribution in [3.05, 3.63) is 72.4 Å². The molecule has 4 N–H and O–H groups in total. The molecule has 41 heavy (non-hydrogen) atoms. The summed E-state index contributed by atoms with van der Waals surface area (Å²) in [5, 5.41) is 13.4. The monoisotopic (exact) mass is 554 g/mol. The molecule has 3 aliphatic rings. The van der Waals surface area contributed by atoms with E-state index in [0.717, 1.165) is 79.9 Å². The predicted octanol–water partition coefficient (Wildman–Crippen LogP) is 5.33. The van der Waals surface area contributed by atoms with E-state index in [-0.39, 0.29) is 5.91 Å². The minimum absolute atomic E-state index is 0.0577. The van der Waals surface area contributed by atoms with Crippen molar-refractivity contribution in [3.8, 4) is 22.4 Å². The Labute approximate surface area is 243 Å². The number of carbonyl (C=O) groups excluding carboxylic acids is 1. The zero-order valence-electron chi connectivity index (χ0n) is 24.0. The van der Waals surface area contributed by atoms with Crippen LogP contribution in [0.5, 0.6) is 0 Å². The van der Waals surface area contributed by atoms with Crippen LogP contribution in [0.4, 0.5) is 5.69 Å². The van der Waals surface area contributed by atoms with Gasteiger partial charge in [-0.3, -0.25) is 14.7 Å². The van der Waals surface area contributed by atoms with Crippen LogP contribution in [-0.2, 0) is 15.1 Å². The Kier molecular flexibility index (Phi) is 7.97. The van der Waals surface area contributed by atoms with Gasteiger partial charge in [-0.1, -0.05) is 54.6 Å². The van der Waals surface area contributed by atoms with Crippen molar-refractivity contribution in [1.82, 2.24) is 9.88 Å². The van der Waals surface area contributed by atoms with Crippen molar-refractivity contribution in [2.45, 2.75) is 69.1 Å². The Bertz CT molecular complexity index is 1340. The van der Waals surface area contributed by atoms with E-state index >= 15 is 0 Å². The lowest BCUT2D eigenvalue weighted by atomic mass is 9.63. The molecule has 1 amide bonds. The van der Waals surface area contributed by atoms with Crippen molar-refractivity contribution >= 4 is 11.6 Å². The molecule has 216 valence electrons. The fourth-order valence-corrected chi connectivity index (χ4v) is 7.20. The van der Waals surface area contributed by atoms with Gasteiger partial charge in [0.15, 0.2) is 0 Å². The molecule has 0 unspecified atom stereocenters. The molecule has 2 aromatic carbocycles. The second-order valence-electron chi connectivity index (χ2n) is 12.6. The van der Waals surface area contributed by atoms with Gasteiger partial charge in [-0.05, 0) is 68.6 Å². The van der Waals surface area contributed by atoms with Gasteiger partial charge >= 0.3 is 0 Å². The number of nitrogens with one attached hydrogen (secondary N) is 1. The molecule has 3 aromatic rings. The number of ether oxygens (including phenoxy) is 1. The number of morpholine rings is 1. The highest BCUT2D eigenvalue weighted by atomic mass is 16.5. The van der Waals surface area contributed by atoms with Gasteiger partial charge in [0.25, 0.3) is 0 Å². The Morgan fingerprint density at radius 1 is 1.02 bits per heavy atom. The van der Waals surface area contributed by atoms with Gasteiger partial charge in [0.1, 0.15) is 0 Å². The SMILES string of the molecule is CC1(O)CC(N)(c2ccc(-c3ncc(NC(=O)CC4CCC(N5CCOCC5)CC4)cc3-c3ccccc3)cc2)C1. The number of benzene rings is 2. The Morgan fingerprint density at radius 3 is 2.37 bits per heavy atom. The van der Waals surface area contributed by atoms with Crippen LogP contribution in [-0.4, -0.2) is 58.8 Å². The zero-order chi connectivity index (χ0) is 28.5. The van der Waals surface area contributed by atoms with E-state index in [1.54, 1.807) is 6.20 Å². The average Bonchev–Trinajstić information content (AvgIpc) is 2.97. The van der Waals surface area contributed by atoms with Crippen LogP contribution in [0.1, 0.15) is 57.4 Å². The number of carbonyl (C=O) groups is 1. The van der Waals surface area contributed by atoms with Crippen LogP contribution in [0.25, 0.3) is 22.4 Å². The molecular formula is C34H42N4O3. The van der Waals surface area contributed by atoms with E-state index in [1.807, 2.05) is 43.3 Å². The molecule has 1 aliphatic heterocycles. The lowest BCUT2D eigenvalue weighted by Gasteiger charge is -2.49. The summed E-state index contributed by atoms with van der Waals surface area (Å²) in [5.74, 6) is 0.485. The summed E-state index contributed by atoms with van der Waals surface area (Å²) in [5.41, 5.74) is 11.0. The summed E-state index contributed by atoms with van der Waals surface area (Å²) >= 11 is 0. The molecule has 2 aliphatic carbocycles. The largest absolute Gasteiger partial charge is 0.390 e. The third-order valence-electron chi connectivity index (χ3n) is 9.23. The molecule has 1 saturated heterocycles. The van der Waals surface area contributed by atoms with E-state index in [4.69, 9.17) is 15.5 Å². The maximum absolute atomic E-state index is 13.1. The van der Waals surface area contributed by atoms with Gasteiger partial charge in [-0.15, -0.1) is 0 Å². The lowest BCUT2D eigenvalue weighted by molar-refractivity contribution is -0.117. The molecule has 0 radical (unpaired) electrons. The number of pyridine rings is 1. The Morgan fingerprint density at radius 2 is 1.71 bits per heavy atom. The van der Waals surface area contributed by atoms with E-state index in [9.17, 15) is 9.90 Å². The average molecular weight is 555 g/mol. The number of anilines is 1. The third kappa shape index (κ3) is 6.38. The normalized spacial score (nSPS) is 28.6. The highest BCUT2D eigenvalue weighted by Crippen LogP contribution is 2.46. The van der Waals surface area contributed by atoms with Gasteiger partial charge in [-0.2, -0.15) is 0 Å². The highest BCUT2D eigenvalue weighted by Gasteiger charge is 2.49. The smallest absolute Gasteiger partial charge is 0.224 e. The molecule has 0 bridgehead atoms. The van der Waals surface area contributed by atoms with Crippen molar-refractivity contribution in [1.29, 1.82) is 0 Å². The van der Waals surface area contributed by atoms with E-state index in [0.29, 0.717) is 36.9 Å². The van der Waals surface area contributed by atoms with Crippen LogP contribution < -0.4 is 11.1 Å². The second kappa shape index (κ2) is 11.6. The molecule has 7 nitrogen and oxygen atoms in total. The minimum Gasteiger partial charge on any atom is -0.390 e. The Hall–Kier alpha value is -3.10. The van der Waals surface area contributed by atoms with Crippen molar-refractivity contribution in [2.75, 3.05) is 31.6 Å². The first-order valence-electron chi connectivity index (χ1n) is 15.1. The predicted molar refractivity (Wildman–Crippen MR) is 162 cm³/mol. The number of hydrogen-bond donors (Lipinski definition) is 3. The zero-order valence-corrected chi connectivity index (χ0v) is 24.0. The molecule has 2 saturated carbocycles. The molecular weight excluding hydrogens is 512 g/mol. The molecule has 3 fully saturated rings. The minimum atomic E-state index is -0.696. The summed E-state index contributed by atoms with van der Waals surface area (Å²) < 4.78 is 5.51. The van der Waals surface area contributed by atoms with E-state index in [2.05, 4.69) is 34.5 Å². The Balaban J connectivity index is 1.14. The molecule has 2 heterocycles. The van der Waals surface area contributed by atoms with Gasteiger partial charge in [-0.25, -0.2) is 0 Å². The van der Waals surface area contributed by atoms with Crippen LogP contribution in [0.3, 0.4) is 0 Å². The maximum atomic E-state index is 13.1. The molecule has 7 heteroatoms.